The van der Waals surface area contributed by atoms with E-state index in [9.17, 15) is 13.5 Å². The second-order valence-corrected chi connectivity index (χ2v) is 10.1. The Labute approximate surface area is 187 Å². The van der Waals surface area contributed by atoms with Crippen LogP contribution in [0.2, 0.25) is 0 Å². The molecule has 1 saturated heterocycles. The van der Waals surface area contributed by atoms with Gasteiger partial charge in [0, 0.05) is 42.5 Å². The van der Waals surface area contributed by atoms with Crippen molar-refractivity contribution < 1.29 is 13.5 Å². The summed E-state index contributed by atoms with van der Waals surface area (Å²) < 4.78 is 30.1. The fraction of sp³-hybridized carbons (Fsp3) is 0.292. The van der Waals surface area contributed by atoms with Crippen molar-refractivity contribution in [1.82, 2.24) is 13.9 Å². The monoisotopic (exact) mass is 448 g/mol. The van der Waals surface area contributed by atoms with Gasteiger partial charge in [0.15, 0.2) is 5.03 Å². The average Bonchev–Trinajstić information content (AvgIpc) is 3.45. The lowest BCUT2D eigenvalue weighted by molar-refractivity contribution is 0.210. The van der Waals surface area contributed by atoms with Crippen molar-refractivity contribution in [3.63, 3.8) is 0 Å². The van der Waals surface area contributed by atoms with Crippen molar-refractivity contribution in [2.75, 3.05) is 18.5 Å². The summed E-state index contributed by atoms with van der Waals surface area (Å²) in [7, 11) is -2.03. The Balaban J connectivity index is 1.56. The number of hydrogen-bond acceptors (Lipinski definition) is 5. The minimum atomic E-state index is -3.77. The summed E-state index contributed by atoms with van der Waals surface area (Å²) in [4.78, 5) is 4.09. The molecule has 3 aromatic rings. The third-order valence-corrected chi connectivity index (χ3v) is 7.97. The number of aryl methyl sites for hydroxylation is 1. The molecule has 7 nitrogen and oxygen atoms in total. The number of aliphatic hydroxyl groups excluding tert-OH is 1. The lowest BCUT2D eigenvalue weighted by atomic mass is 9.83. The van der Waals surface area contributed by atoms with Gasteiger partial charge in [-0.3, -0.25) is 0 Å². The van der Waals surface area contributed by atoms with Crippen LogP contribution in [0.5, 0.6) is 0 Å². The number of rotatable bonds is 3. The van der Waals surface area contributed by atoms with Crippen molar-refractivity contribution in [1.29, 1.82) is 0 Å². The number of fused-ring (bicyclic) bond motifs is 3. The molecule has 0 bridgehead atoms. The van der Waals surface area contributed by atoms with Crippen molar-refractivity contribution >= 4 is 15.7 Å². The van der Waals surface area contributed by atoms with Crippen molar-refractivity contribution in [2.24, 2.45) is 13.0 Å². The van der Waals surface area contributed by atoms with Gasteiger partial charge in [-0.05, 0) is 42.3 Å². The third kappa shape index (κ3) is 3.58. The molecule has 3 atom stereocenters. The van der Waals surface area contributed by atoms with Gasteiger partial charge in [0.05, 0.1) is 25.0 Å². The Hall–Kier alpha value is -3.12. The number of hydrogen-bond donors (Lipinski definition) is 2. The number of aliphatic hydroxyl groups is 1. The lowest BCUT2D eigenvalue weighted by Crippen LogP contribution is -2.42. The normalized spacial score (nSPS) is 22.4. The molecule has 2 aliphatic rings. The van der Waals surface area contributed by atoms with Crippen LogP contribution in [0.15, 0.2) is 66.1 Å². The molecule has 2 aromatic carbocycles. The van der Waals surface area contributed by atoms with Gasteiger partial charge in [-0.2, -0.15) is 4.31 Å². The summed E-state index contributed by atoms with van der Waals surface area (Å²) in [6.07, 6.45) is 3.68. The second kappa shape index (κ2) is 8.10. The summed E-state index contributed by atoms with van der Waals surface area (Å²) >= 11 is 0. The minimum Gasteiger partial charge on any atom is -0.394 e. The maximum atomic E-state index is 13.4. The Morgan fingerprint density at radius 3 is 2.66 bits per heavy atom. The van der Waals surface area contributed by atoms with Crippen LogP contribution in [-0.2, 0) is 17.1 Å². The zero-order chi connectivity index (χ0) is 22.3. The zero-order valence-corrected chi connectivity index (χ0v) is 18.5. The number of anilines is 1. The number of nitrogens with one attached hydrogen (secondary N) is 1. The molecule has 0 amide bonds. The molecule has 5 rings (SSSR count). The van der Waals surface area contributed by atoms with Gasteiger partial charge < -0.3 is 15.0 Å². The number of benzene rings is 2. The molecule has 1 fully saturated rings. The predicted octanol–water partition coefficient (Wildman–Crippen LogP) is 2.36. The van der Waals surface area contributed by atoms with Crippen LogP contribution in [-0.4, -0.2) is 46.6 Å². The van der Waals surface area contributed by atoms with E-state index in [1.54, 1.807) is 11.6 Å². The van der Waals surface area contributed by atoms with Crippen LogP contribution in [0.3, 0.4) is 0 Å². The topological polar surface area (TPSA) is 87.5 Å². The number of imidazole rings is 1. The molecule has 3 heterocycles. The standard InChI is InChI=1S/C24H24N4O3S/c1-27-14-23(25-16-27)32(30,31)28-12-11-19-22(15-29)26-21-10-9-18(13-20(21)24(19)28)8-7-17-5-3-2-4-6-17/h2-6,9-10,13-14,16,19,22,24,26,29H,11-12,15H2,1H3/t19-,22+,24-/m1/s1. The summed E-state index contributed by atoms with van der Waals surface area (Å²) in [5, 5.41) is 13.4. The van der Waals surface area contributed by atoms with Crippen LogP contribution in [0.4, 0.5) is 5.69 Å². The van der Waals surface area contributed by atoms with Gasteiger partial charge in [0.1, 0.15) is 0 Å². The minimum absolute atomic E-state index is 0.0386. The van der Waals surface area contributed by atoms with Gasteiger partial charge in [-0.15, -0.1) is 0 Å². The maximum Gasteiger partial charge on any atom is 0.262 e. The first-order valence-corrected chi connectivity index (χ1v) is 12.0. The number of sulfonamides is 1. The van der Waals surface area contributed by atoms with Crippen molar-refractivity contribution in [3.05, 3.63) is 77.7 Å². The van der Waals surface area contributed by atoms with E-state index >= 15 is 0 Å². The zero-order valence-electron chi connectivity index (χ0n) is 17.6. The van der Waals surface area contributed by atoms with Crippen molar-refractivity contribution in [3.8, 4) is 11.8 Å². The summed E-state index contributed by atoms with van der Waals surface area (Å²) in [6.45, 7) is 0.319. The van der Waals surface area contributed by atoms with E-state index in [0.717, 1.165) is 22.4 Å². The molecular formula is C24H24N4O3S. The highest BCUT2D eigenvalue weighted by Crippen LogP contribution is 2.48. The predicted molar refractivity (Wildman–Crippen MR) is 121 cm³/mol. The molecule has 164 valence electrons. The highest BCUT2D eigenvalue weighted by Gasteiger charge is 2.49. The second-order valence-electron chi connectivity index (χ2n) is 8.24. The lowest BCUT2D eigenvalue weighted by Gasteiger charge is -2.38. The van der Waals surface area contributed by atoms with E-state index in [-0.39, 0.29) is 29.6 Å². The van der Waals surface area contributed by atoms with Gasteiger partial charge in [0.2, 0.25) is 0 Å². The first-order chi connectivity index (χ1) is 15.5. The molecule has 2 aliphatic heterocycles. The van der Waals surface area contributed by atoms with Crippen LogP contribution >= 0.6 is 0 Å². The quantitative estimate of drug-likeness (QED) is 0.601. The molecule has 8 heteroatoms. The number of nitrogens with zero attached hydrogens (tertiary/aromatic N) is 3. The highest BCUT2D eigenvalue weighted by atomic mass is 32.2. The maximum absolute atomic E-state index is 13.4. The summed E-state index contributed by atoms with van der Waals surface area (Å²) in [5.41, 5.74) is 3.45. The van der Waals surface area contributed by atoms with Crippen molar-refractivity contribution in [2.45, 2.75) is 23.5 Å². The van der Waals surface area contributed by atoms with E-state index in [1.807, 2.05) is 48.5 Å². The van der Waals surface area contributed by atoms with Gasteiger partial charge in [-0.1, -0.05) is 30.0 Å². The largest absolute Gasteiger partial charge is 0.394 e. The van der Waals surface area contributed by atoms with Crippen LogP contribution in [0.25, 0.3) is 0 Å². The SMILES string of the molecule is Cn1cnc(S(=O)(=O)N2CC[C@@H]3[C@H](CO)Nc4ccc(C#Cc5ccccc5)cc4[C@@H]32)c1. The Kier molecular flexibility index (Phi) is 5.25. The van der Waals surface area contributed by atoms with Gasteiger partial charge in [0.25, 0.3) is 10.0 Å². The van der Waals surface area contributed by atoms with Gasteiger partial charge >= 0.3 is 0 Å². The molecular weight excluding hydrogens is 424 g/mol. The fourth-order valence-corrected chi connectivity index (χ4v) is 6.31. The molecule has 2 N–H and O–H groups in total. The smallest absolute Gasteiger partial charge is 0.262 e. The third-order valence-electron chi connectivity index (χ3n) is 6.20. The van der Waals surface area contributed by atoms with E-state index in [1.165, 1.54) is 16.8 Å². The molecule has 0 radical (unpaired) electrons. The molecule has 32 heavy (non-hydrogen) atoms. The molecule has 0 aliphatic carbocycles. The first-order valence-electron chi connectivity index (χ1n) is 10.6. The van der Waals surface area contributed by atoms with Crippen LogP contribution < -0.4 is 5.32 Å². The molecule has 0 saturated carbocycles. The van der Waals surface area contributed by atoms with E-state index in [0.29, 0.717) is 13.0 Å². The van der Waals surface area contributed by atoms with E-state index in [2.05, 4.69) is 22.1 Å². The Bertz CT molecular complexity index is 1310. The van der Waals surface area contributed by atoms with E-state index < -0.39 is 10.0 Å². The van der Waals surface area contributed by atoms with Crippen LogP contribution in [0.1, 0.15) is 29.2 Å². The fourth-order valence-electron chi connectivity index (χ4n) is 4.68. The average molecular weight is 449 g/mol. The molecule has 0 unspecified atom stereocenters. The highest BCUT2D eigenvalue weighted by molar-refractivity contribution is 7.89. The Morgan fingerprint density at radius 1 is 1.16 bits per heavy atom. The number of aromatic nitrogens is 2. The molecule has 0 spiro atoms. The summed E-state index contributed by atoms with van der Waals surface area (Å²) in [5.74, 6) is 6.32. The molecule has 1 aromatic heterocycles. The summed E-state index contributed by atoms with van der Waals surface area (Å²) in [6, 6.07) is 15.0. The Morgan fingerprint density at radius 2 is 1.94 bits per heavy atom. The van der Waals surface area contributed by atoms with Crippen LogP contribution in [0, 0.1) is 17.8 Å². The van der Waals surface area contributed by atoms with Gasteiger partial charge in [-0.25, -0.2) is 13.4 Å². The first kappa shape index (κ1) is 20.8. The van der Waals surface area contributed by atoms with E-state index in [4.69, 9.17) is 0 Å².